The molecule has 178 valence electrons. The molecule has 34 heavy (non-hydrogen) atoms. The third kappa shape index (κ3) is 3.60. The van der Waals surface area contributed by atoms with Crippen LogP contribution in [-0.2, 0) is 41.8 Å². The molecule has 1 aromatic heterocycles. The molecule has 6 rings (SSSR count). The molecule has 2 aliphatic heterocycles. The predicted molar refractivity (Wildman–Crippen MR) is 126 cm³/mol. The fraction of sp³-hybridized carbons (Fsp3) is 0.520. The summed E-state index contributed by atoms with van der Waals surface area (Å²) in [4.78, 5) is 27.1. The molecule has 9 nitrogen and oxygen atoms in total. The molecule has 0 saturated carbocycles. The number of rotatable bonds is 5. The Balaban J connectivity index is 1.17. The molecule has 0 spiro atoms. The number of hydrogen-bond acceptors (Lipinski definition) is 6. The average molecular weight is 464 g/mol. The van der Waals surface area contributed by atoms with Crippen molar-refractivity contribution in [2.45, 2.75) is 57.2 Å². The number of nitrogens with zero attached hydrogens (tertiary/aromatic N) is 3. The second-order valence-corrected chi connectivity index (χ2v) is 9.61. The van der Waals surface area contributed by atoms with Gasteiger partial charge in [0.2, 0.25) is 5.88 Å². The number of benzene rings is 1. The Kier molecular flexibility index (Phi) is 5.40. The van der Waals surface area contributed by atoms with Crippen LogP contribution in [0.3, 0.4) is 0 Å². The van der Waals surface area contributed by atoms with Gasteiger partial charge in [0.15, 0.2) is 5.94 Å². The molecular formula is C25H29N5O4. The van der Waals surface area contributed by atoms with Crippen LogP contribution in [0, 0.1) is 0 Å². The van der Waals surface area contributed by atoms with Crippen molar-refractivity contribution in [3.8, 4) is 5.88 Å². The van der Waals surface area contributed by atoms with Crippen LogP contribution >= 0.6 is 0 Å². The number of methoxy groups -OCH3 is 1. The molecule has 0 bridgehead atoms. The highest BCUT2D eigenvalue weighted by atomic mass is 16.5. The Bertz CT molecular complexity index is 1160. The summed E-state index contributed by atoms with van der Waals surface area (Å²) >= 11 is 0. The van der Waals surface area contributed by atoms with E-state index in [2.05, 4.69) is 26.7 Å². The summed E-state index contributed by atoms with van der Waals surface area (Å²) in [6.45, 7) is 2.91. The molecule has 2 amide bonds. The molecule has 1 atom stereocenters. The van der Waals surface area contributed by atoms with E-state index < -0.39 is 6.03 Å². The number of amides is 2. The zero-order valence-electron chi connectivity index (χ0n) is 19.4. The third-order valence-electron chi connectivity index (χ3n) is 7.63. The summed E-state index contributed by atoms with van der Waals surface area (Å²) in [6.07, 6.45) is 8.12. The number of ether oxygens (including phenoxy) is 2. The normalized spacial score (nSPS) is 21.0. The number of carbonyl (C=O) groups excluding carboxylic acids is 2. The van der Waals surface area contributed by atoms with Gasteiger partial charge in [-0.2, -0.15) is 5.10 Å². The summed E-state index contributed by atoms with van der Waals surface area (Å²) in [5.41, 5.74) is 6.59. The Morgan fingerprint density at radius 1 is 1.15 bits per heavy atom. The maximum atomic E-state index is 13.0. The van der Waals surface area contributed by atoms with Gasteiger partial charge in [-0.15, -0.1) is 0 Å². The van der Waals surface area contributed by atoms with Crippen LogP contribution < -0.4 is 15.4 Å². The van der Waals surface area contributed by atoms with E-state index in [1.807, 2.05) is 5.94 Å². The quantitative estimate of drug-likeness (QED) is 0.658. The second-order valence-electron chi connectivity index (χ2n) is 9.61. The van der Waals surface area contributed by atoms with Crippen molar-refractivity contribution in [3.05, 3.63) is 40.1 Å². The maximum absolute atomic E-state index is 13.0. The first-order valence-corrected chi connectivity index (χ1v) is 12.1. The molecule has 2 aliphatic carbocycles. The van der Waals surface area contributed by atoms with Crippen molar-refractivity contribution in [1.82, 2.24) is 20.0 Å². The van der Waals surface area contributed by atoms with Gasteiger partial charge in [0, 0.05) is 25.9 Å². The SMILES string of the molecule is COC1CN([C@@H]2COc3c(C(=C=O)NC(=O)Nc4c5c(cc6c4CCC6)CCC5)cnn3C2)C1. The van der Waals surface area contributed by atoms with Crippen LogP contribution in [0.1, 0.15) is 40.7 Å². The van der Waals surface area contributed by atoms with E-state index in [1.54, 1.807) is 18.0 Å². The van der Waals surface area contributed by atoms with Gasteiger partial charge in [0.05, 0.1) is 30.5 Å². The third-order valence-corrected chi connectivity index (χ3v) is 7.63. The lowest BCUT2D eigenvalue weighted by atomic mass is 9.99. The highest BCUT2D eigenvalue weighted by Gasteiger charge is 2.36. The molecule has 9 heteroatoms. The molecule has 1 fully saturated rings. The number of aryl methyl sites for hydroxylation is 2. The summed E-state index contributed by atoms with van der Waals surface area (Å²) in [5, 5.41) is 10.2. The maximum Gasteiger partial charge on any atom is 0.324 e. The van der Waals surface area contributed by atoms with Crippen molar-refractivity contribution in [2.75, 3.05) is 32.1 Å². The lowest BCUT2D eigenvalue weighted by molar-refractivity contribution is -0.0684. The molecule has 0 unspecified atom stereocenters. The van der Waals surface area contributed by atoms with Crippen LogP contribution in [0.15, 0.2) is 12.3 Å². The van der Waals surface area contributed by atoms with E-state index in [0.29, 0.717) is 24.6 Å². The number of likely N-dealkylation sites (tertiary alicyclic amines) is 1. The van der Waals surface area contributed by atoms with Gasteiger partial charge in [-0.25, -0.2) is 14.3 Å². The van der Waals surface area contributed by atoms with Crippen LogP contribution in [0.5, 0.6) is 5.88 Å². The van der Waals surface area contributed by atoms with Gasteiger partial charge >= 0.3 is 6.03 Å². The van der Waals surface area contributed by atoms with Crippen molar-refractivity contribution in [1.29, 1.82) is 0 Å². The number of aromatic nitrogens is 2. The van der Waals surface area contributed by atoms with Crippen molar-refractivity contribution >= 4 is 23.4 Å². The molecule has 4 aliphatic rings. The fourth-order valence-electron chi connectivity index (χ4n) is 5.77. The minimum Gasteiger partial charge on any atom is -0.476 e. The Morgan fingerprint density at radius 2 is 1.88 bits per heavy atom. The van der Waals surface area contributed by atoms with Crippen LogP contribution in [0.2, 0.25) is 0 Å². The first kappa shape index (κ1) is 21.4. The topological polar surface area (TPSA) is 97.7 Å². The zero-order chi connectivity index (χ0) is 23.2. The van der Waals surface area contributed by atoms with E-state index >= 15 is 0 Å². The van der Waals surface area contributed by atoms with Crippen molar-refractivity contribution in [2.24, 2.45) is 0 Å². The largest absolute Gasteiger partial charge is 0.476 e. The van der Waals surface area contributed by atoms with Crippen LogP contribution in [0.4, 0.5) is 10.5 Å². The van der Waals surface area contributed by atoms with Gasteiger partial charge in [-0.1, -0.05) is 6.07 Å². The van der Waals surface area contributed by atoms with E-state index in [0.717, 1.165) is 57.3 Å². The van der Waals surface area contributed by atoms with Gasteiger partial charge in [0.1, 0.15) is 12.3 Å². The standard InChI is InChI=1S/C25H29N5O4/c1-33-18-11-29(12-18)17-10-30-24(34-14-17)21(9-26-30)22(13-31)27-25(32)28-23-19-6-2-4-15(19)8-16-5-3-7-20(16)23/h8-9,17-18H,2-7,10-12,14H2,1H3,(H2,27,28,32)/t17-/m0/s1. The summed E-state index contributed by atoms with van der Waals surface area (Å²) in [5.74, 6) is 2.37. The number of anilines is 1. The van der Waals surface area contributed by atoms with E-state index in [4.69, 9.17) is 9.47 Å². The first-order chi connectivity index (χ1) is 16.6. The zero-order valence-corrected chi connectivity index (χ0v) is 19.4. The van der Waals surface area contributed by atoms with E-state index in [1.165, 1.54) is 22.3 Å². The van der Waals surface area contributed by atoms with Gasteiger partial charge in [-0.05, 0) is 60.8 Å². The van der Waals surface area contributed by atoms with E-state index in [9.17, 15) is 9.59 Å². The van der Waals surface area contributed by atoms with Crippen molar-refractivity contribution in [3.63, 3.8) is 0 Å². The number of carbonyl (C=O) groups is 1. The molecule has 2 aromatic rings. The Morgan fingerprint density at radius 3 is 2.56 bits per heavy atom. The van der Waals surface area contributed by atoms with Crippen LogP contribution in [0.25, 0.3) is 5.70 Å². The van der Waals surface area contributed by atoms with Gasteiger partial charge in [0.25, 0.3) is 0 Å². The number of urea groups is 1. The smallest absolute Gasteiger partial charge is 0.324 e. The minimum atomic E-state index is -0.437. The molecule has 1 aromatic carbocycles. The molecule has 0 radical (unpaired) electrons. The lowest BCUT2D eigenvalue weighted by Crippen LogP contribution is -2.59. The number of nitrogens with one attached hydrogen (secondary N) is 2. The highest BCUT2D eigenvalue weighted by molar-refractivity contribution is 6.02. The Hall–Kier alpha value is -3.13. The monoisotopic (exact) mass is 463 g/mol. The van der Waals surface area contributed by atoms with Crippen molar-refractivity contribution < 1.29 is 19.1 Å². The highest BCUT2D eigenvalue weighted by Crippen LogP contribution is 2.38. The average Bonchev–Trinajstić information content (AvgIpc) is 3.56. The van der Waals surface area contributed by atoms with E-state index in [-0.39, 0.29) is 17.8 Å². The summed E-state index contributed by atoms with van der Waals surface area (Å²) in [7, 11) is 1.73. The lowest BCUT2D eigenvalue weighted by Gasteiger charge is -2.44. The first-order valence-electron chi connectivity index (χ1n) is 12.1. The molecule has 3 heterocycles. The van der Waals surface area contributed by atoms with Gasteiger partial charge in [-0.3, -0.25) is 10.2 Å². The minimum absolute atomic E-state index is 0.0322. The summed E-state index contributed by atoms with van der Waals surface area (Å²) in [6, 6.07) is 2.09. The molecule has 2 N–H and O–H groups in total. The predicted octanol–water partition coefficient (Wildman–Crippen LogP) is 1.95. The number of hydrogen-bond donors (Lipinski definition) is 2. The summed E-state index contributed by atoms with van der Waals surface area (Å²) < 4.78 is 13.1. The molecule has 1 saturated heterocycles. The van der Waals surface area contributed by atoms with Gasteiger partial charge < -0.3 is 14.8 Å². The Labute approximate surface area is 198 Å². The second kappa shape index (κ2) is 8.58. The van der Waals surface area contributed by atoms with Crippen LogP contribution in [-0.4, -0.2) is 65.6 Å². The molecular weight excluding hydrogens is 434 g/mol. The fourth-order valence-corrected chi connectivity index (χ4v) is 5.77. The number of fused-ring (bicyclic) bond motifs is 3.